The quantitative estimate of drug-likeness (QED) is 0.493. The van der Waals surface area contributed by atoms with Crippen LogP contribution in [0.2, 0.25) is 0 Å². The molecule has 0 unspecified atom stereocenters. The predicted octanol–water partition coefficient (Wildman–Crippen LogP) is 1.60. The van der Waals surface area contributed by atoms with Crippen molar-refractivity contribution in [2.75, 3.05) is 13.1 Å². The smallest absolute Gasteiger partial charge is 0.0700 e. The average Bonchev–Trinajstić information content (AvgIpc) is 1.83. The third-order valence-corrected chi connectivity index (χ3v) is 0.971. The lowest BCUT2D eigenvalue weighted by Crippen LogP contribution is -2.12. The topological polar surface area (TPSA) is 7.60 Å². The molecule has 0 saturated carbocycles. The van der Waals surface area contributed by atoms with Gasteiger partial charge in [0.15, 0.2) is 0 Å². The molecule has 0 spiro atoms. The van der Waals surface area contributed by atoms with Gasteiger partial charge in [0.1, 0.15) is 0 Å². The molecule has 2 nitrogen and oxygen atoms in total. The number of hydrogen-bond acceptors (Lipinski definition) is 1. The second kappa shape index (κ2) is 4.45. The lowest BCUT2D eigenvalue weighted by atomic mass is 10.6. The summed E-state index contributed by atoms with van der Waals surface area (Å²) in [5.74, 6) is 0. The van der Waals surface area contributed by atoms with Gasteiger partial charge in [-0.3, -0.25) is 0 Å². The molecule has 0 amide bonds. The summed E-state index contributed by atoms with van der Waals surface area (Å²) in [6, 6.07) is 2.72. The minimum Gasteiger partial charge on any atom is -0.0700 e. The molecular weight excluding hydrogens is 100 g/mol. The van der Waals surface area contributed by atoms with Crippen LogP contribution in [0.5, 0.6) is 0 Å². The molecule has 0 aliphatic rings. The Morgan fingerprint density at radius 2 is 1.88 bits per heavy atom. The largest absolute Gasteiger partial charge is 0.315 e. The third-order valence-electron chi connectivity index (χ3n) is 0.971. The molecule has 2 heteroatoms. The first-order valence-electron chi connectivity index (χ1n) is 2.97. The molecule has 0 aliphatic heterocycles. The molecule has 0 bridgehead atoms. The van der Waals surface area contributed by atoms with Crippen LogP contribution in [0.1, 0.15) is 20.8 Å². The summed E-state index contributed by atoms with van der Waals surface area (Å²) in [4.78, 5) is 3.94. The standard InChI is InChI=1S/C6H13N2/c1-4-7-8(5-2)6-3/h5-6H2,1-3H3/q+1. The Labute approximate surface area is 50.9 Å². The van der Waals surface area contributed by atoms with Crippen LogP contribution in [0, 0.1) is 6.07 Å². The fraction of sp³-hybridized carbons (Fsp3) is 0.833. The Bertz CT molecular complexity index is 94.8. The van der Waals surface area contributed by atoms with Gasteiger partial charge in [-0.25, -0.2) is 0 Å². The van der Waals surface area contributed by atoms with E-state index >= 15 is 0 Å². The zero-order chi connectivity index (χ0) is 6.41. The van der Waals surface area contributed by atoms with Crippen molar-refractivity contribution in [3.8, 4) is 6.07 Å². The first-order chi connectivity index (χ1) is 3.85. The maximum absolute atomic E-state index is 3.94. The van der Waals surface area contributed by atoms with Crippen molar-refractivity contribution in [2.24, 2.45) is 0 Å². The van der Waals surface area contributed by atoms with E-state index in [-0.39, 0.29) is 0 Å². The van der Waals surface area contributed by atoms with Gasteiger partial charge in [0.2, 0.25) is 0 Å². The lowest BCUT2D eigenvalue weighted by Gasteiger charge is -1.94. The van der Waals surface area contributed by atoms with Crippen LogP contribution in [0.25, 0.3) is 4.95 Å². The van der Waals surface area contributed by atoms with Crippen molar-refractivity contribution in [1.29, 1.82) is 0 Å². The van der Waals surface area contributed by atoms with Crippen LogP contribution < -0.4 is 0 Å². The van der Waals surface area contributed by atoms with E-state index in [9.17, 15) is 0 Å². The van der Waals surface area contributed by atoms with Crippen LogP contribution in [-0.2, 0) is 0 Å². The molecule has 0 radical (unpaired) electrons. The van der Waals surface area contributed by atoms with Gasteiger partial charge in [0.25, 0.3) is 0 Å². The molecular formula is C6H13N2+. The summed E-state index contributed by atoms with van der Waals surface area (Å²) in [5.41, 5.74) is 0. The predicted molar refractivity (Wildman–Crippen MR) is 35.8 cm³/mol. The van der Waals surface area contributed by atoms with Gasteiger partial charge in [0.05, 0.1) is 25.0 Å². The Hall–Kier alpha value is -0.710. The van der Waals surface area contributed by atoms with Gasteiger partial charge in [-0.1, -0.05) is 5.01 Å². The zero-order valence-corrected chi connectivity index (χ0v) is 5.81. The molecule has 0 saturated heterocycles. The van der Waals surface area contributed by atoms with E-state index < -0.39 is 0 Å². The Kier molecular flexibility index (Phi) is 4.05. The highest BCUT2D eigenvalue weighted by molar-refractivity contribution is 4.76. The maximum atomic E-state index is 3.94. The van der Waals surface area contributed by atoms with E-state index in [4.69, 9.17) is 0 Å². The summed E-state index contributed by atoms with van der Waals surface area (Å²) in [6.45, 7) is 7.89. The monoisotopic (exact) mass is 113 g/mol. The number of hydrogen-bond donors (Lipinski definition) is 0. The summed E-state index contributed by atoms with van der Waals surface area (Å²) < 4.78 is 0. The van der Waals surface area contributed by atoms with Gasteiger partial charge < -0.3 is 0 Å². The lowest BCUT2D eigenvalue weighted by molar-refractivity contribution is 0.413. The average molecular weight is 113 g/mol. The second-order valence-corrected chi connectivity index (χ2v) is 1.46. The highest BCUT2D eigenvalue weighted by Crippen LogP contribution is 1.84. The minimum absolute atomic E-state index is 0.970. The highest BCUT2D eigenvalue weighted by Gasteiger charge is 1.98. The van der Waals surface area contributed by atoms with E-state index in [1.54, 1.807) is 6.92 Å². The third kappa shape index (κ3) is 2.46. The second-order valence-electron chi connectivity index (χ2n) is 1.46. The van der Waals surface area contributed by atoms with Crippen LogP contribution in [0.3, 0.4) is 0 Å². The normalized spacial score (nSPS) is 7.38. The van der Waals surface area contributed by atoms with Gasteiger partial charge in [-0.2, -0.15) is 0 Å². The van der Waals surface area contributed by atoms with Crippen LogP contribution in [0.4, 0.5) is 0 Å². The van der Waals surface area contributed by atoms with Crippen LogP contribution in [0.15, 0.2) is 0 Å². The first kappa shape index (κ1) is 7.29. The maximum Gasteiger partial charge on any atom is 0.315 e. The molecule has 0 N–H and O–H groups in total. The molecule has 0 rings (SSSR count). The van der Waals surface area contributed by atoms with E-state index in [1.807, 2.05) is 5.01 Å². The Morgan fingerprint density at radius 3 is 2.00 bits per heavy atom. The molecule has 0 fully saturated rings. The first-order valence-corrected chi connectivity index (χ1v) is 2.97. The molecule has 0 aromatic carbocycles. The van der Waals surface area contributed by atoms with Crippen molar-refractivity contribution in [3.05, 3.63) is 4.95 Å². The van der Waals surface area contributed by atoms with E-state index in [2.05, 4.69) is 24.9 Å². The number of rotatable bonds is 2. The van der Waals surface area contributed by atoms with Crippen molar-refractivity contribution in [2.45, 2.75) is 20.8 Å². The molecule has 8 heavy (non-hydrogen) atoms. The van der Waals surface area contributed by atoms with Crippen LogP contribution in [-0.4, -0.2) is 18.1 Å². The summed E-state index contributed by atoms with van der Waals surface area (Å²) in [7, 11) is 0. The molecule has 0 aromatic rings. The molecule has 0 aliphatic carbocycles. The SMILES string of the molecule is CC#[N+]N(CC)CC. The molecule has 0 aromatic heterocycles. The Morgan fingerprint density at radius 1 is 1.38 bits per heavy atom. The fourth-order valence-corrected chi connectivity index (χ4v) is 0.506. The Balaban J connectivity index is 3.47. The van der Waals surface area contributed by atoms with Gasteiger partial charge in [0, 0.05) is 0 Å². The van der Waals surface area contributed by atoms with Gasteiger partial charge in [-0.05, 0) is 13.8 Å². The van der Waals surface area contributed by atoms with Gasteiger partial charge in [-0.15, -0.1) is 0 Å². The summed E-state index contributed by atoms with van der Waals surface area (Å²) >= 11 is 0. The van der Waals surface area contributed by atoms with E-state index in [0.717, 1.165) is 13.1 Å². The summed E-state index contributed by atoms with van der Waals surface area (Å²) in [5, 5.41) is 1.94. The molecule has 0 atom stereocenters. The molecule has 0 heterocycles. The zero-order valence-electron chi connectivity index (χ0n) is 5.81. The molecule has 46 valence electrons. The fourth-order valence-electron chi connectivity index (χ4n) is 0.506. The van der Waals surface area contributed by atoms with Crippen molar-refractivity contribution < 1.29 is 0 Å². The van der Waals surface area contributed by atoms with Crippen molar-refractivity contribution in [3.63, 3.8) is 0 Å². The number of nitrogens with zero attached hydrogens (tertiary/aromatic N) is 2. The van der Waals surface area contributed by atoms with E-state index in [0.29, 0.717) is 0 Å². The summed E-state index contributed by atoms with van der Waals surface area (Å²) in [6.07, 6.45) is 0. The van der Waals surface area contributed by atoms with Crippen molar-refractivity contribution >= 4 is 0 Å². The van der Waals surface area contributed by atoms with E-state index in [1.165, 1.54) is 0 Å². The minimum atomic E-state index is 0.970. The van der Waals surface area contributed by atoms with Crippen LogP contribution >= 0.6 is 0 Å². The van der Waals surface area contributed by atoms with Crippen molar-refractivity contribution in [1.82, 2.24) is 5.01 Å². The highest BCUT2D eigenvalue weighted by atomic mass is 15.4. The van der Waals surface area contributed by atoms with Gasteiger partial charge >= 0.3 is 6.07 Å².